The lowest BCUT2D eigenvalue weighted by atomic mass is 10.2. The molecular weight excluding hydrogens is 282 g/mol. The van der Waals surface area contributed by atoms with Crippen LogP contribution in [0.2, 0.25) is 5.02 Å². The van der Waals surface area contributed by atoms with Crippen LogP contribution >= 0.6 is 11.6 Å². The van der Waals surface area contributed by atoms with Gasteiger partial charge in [0.1, 0.15) is 0 Å². The summed E-state index contributed by atoms with van der Waals surface area (Å²) >= 11 is 5.77. The number of nitro benzene ring substituents is 1. The second-order valence-corrected chi connectivity index (χ2v) is 4.67. The SMILES string of the molecule is CCN(CC)CCNC(=O)c1cc(Cl)cc([N+](=O)[O-])c1. The Bertz CT molecular complexity index is 490. The lowest BCUT2D eigenvalue weighted by Gasteiger charge is -2.17. The summed E-state index contributed by atoms with van der Waals surface area (Å²) in [7, 11) is 0. The molecule has 0 spiro atoms. The Morgan fingerprint density at radius 1 is 1.35 bits per heavy atom. The van der Waals surface area contributed by atoms with Crippen LogP contribution in [0.5, 0.6) is 0 Å². The van der Waals surface area contributed by atoms with Crippen molar-refractivity contribution in [1.29, 1.82) is 0 Å². The molecule has 0 saturated carbocycles. The van der Waals surface area contributed by atoms with Crippen LogP contribution in [0, 0.1) is 10.1 Å². The first-order valence-electron chi connectivity index (χ1n) is 6.43. The van der Waals surface area contributed by atoms with Crippen molar-refractivity contribution in [3.8, 4) is 0 Å². The molecule has 1 rings (SSSR count). The van der Waals surface area contributed by atoms with E-state index in [1.807, 2.05) is 13.8 Å². The van der Waals surface area contributed by atoms with Crippen molar-refractivity contribution in [2.75, 3.05) is 26.2 Å². The summed E-state index contributed by atoms with van der Waals surface area (Å²) in [4.78, 5) is 24.2. The van der Waals surface area contributed by atoms with Gasteiger partial charge in [-0.3, -0.25) is 14.9 Å². The number of hydrogen-bond acceptors (Lipinski definition) is 4. The van der Waals surface area contributed by atoms with E-state index in [2.05, 4.69) is 10.2 Å². The maximum atomic E-state index is 11.9. The highest BCUT2D eigenvalue weighted by Gasteiger charge is 2.13. The van der Waals surface area contributed by atoms with Crippen molar-refractivity contribution in [3.05, 3.63) is 38.9 Å². The first-order chi connectivity index (χ1) is 9.47. The van der Waals surface area contributed by atoms with E-state index in [0.29, 0.717) is 6.54 Å². The fraction of sp³-hybridized carbons (Fsp3) is 0.462. The summed E-state index contributed by atoms with van der Waals surface area (Å²) in [5, 5.41) is 13.6. The Labute approximate surface area is 122 Å². The first-order valence-corrected chi connectivity index (χ1v) is 6.81. The average molecular weight is 300 g/mol. The molecule has 1 aromatic rings. The Morgan fingerprint density at radius 3 is 2.55 bits per heavy atom. The molecule has 0 aliphatic rings. The summed E-state index contributed by atoms with van der Waals surface area (Å²) in [6.45, 7) is 7.14. The number of nitrogens with one attached hydrogen (secondary N) is 1. The molecule has 1 aromatic carbocycles. The van der Waals surface area contributed by atoms with Crippen molar-refractivity contribution in [1.82, 2.24) is 10.2 Å². The van der Waals surface area contributed by atoms with Gasteiger partial charge in [0.25, 0.3) is 11.6 Å². The highest BCUT2D eigenvalue weighted by molar-refractivity contribution is 6.31. The van der Waals surface area contributed by atoms with Crippen LogP contribution in [0.15, 0.2) is 18.2 Å². The van der Waals surface area contributed by atoms with Gasteiger partial charge in [-0.1, -0.05) is 25.4 Å². The van der Waals surface area contributed by atoms with Crippen LogP contribution in [-0.2, 0) is 0 Å². The number of likely N-dealkylation sites (N-methyl/N-ethyl adjacent to an activating group) is 1. The minimum Gasteiger partial charge on any atom is -0.351 e. The molecule has 6 nitrogen and oxygen atoms in total. The van der Waals surface area contributed by atoms with Crippen molar-refractivity contribution in [3.63, 3.8) is 0 Å². The molecule has 0 aliphatic heterocycles. The molecule has 0 bridgehead atoms. The number of halogens is 1. The Hall–Kier alpha value is -1.66. The second-order valence-electron chi connectivity index (χ2n) is 4.24. The van der Waals surface area contributed by atoms with Crippen LogP contribution in [0.3, 0.4) is 0 Å². The van der Waals surface area contributed by atoms with Gasteiger partial charge >= 0.3 is 0 Å². The van der Waals surface area contributed by atoms with Crippen LogP contribution in [-0.4, -0.2) is 41.9 Å². The summed E-state index contributed by atoms with van der Waals surface area (Å²) < 4.78 is 0. The molecule has 0 heterocycles. The molecule has 7 heteroatoms. The van der Waals surface area contributed by atoms with E-state index in [-0.39, 0.29) is 22.2 Å². The number of hydrogen-bond donors (Lipinski definition) is 1. The normalized spacial score (nSPS) is 10.6. The van der Waals surface area contributed by atoms with E-state index < -0.39 is 4.92 Å². The predicted molar refractivity (Wildman–Crippen MR) is 78.2 cm³/mol. The van der Waals surface area contributed by atoms with E-state index in [0.717, 1.165) is 19.6 Å². The molecule has 110 valence electrons. The summed E-state index contributed by atoms with van der Waals surface area (Å²) in [6, 6.07) is 3.86. The van der Waals surface area contributed by atoms with Gasteiger partial charge in [0.2, 0.25) is 0 Å². The van der Waals surface area contributed by atoms with Gasteiger partial charge in [0, 0.05) is 35.8 Å². The average Bonchev–Trinajstić information content (AvgIpc) is 2.42. The largest absolute Gasteiger partial charge is 0.351 e. The second kappa shape index (κ2) is 7.81. The highest BCUT2D eigenvalue weighted by Crippen LogP contribution is 2.20. The lowest BCUT2D eigenvalue weighted by molar-refractivity contribution is -0.384. The number of carbonyl (C=O) groups excluding carboxylic acids is 1. The highest BCUT2D eigenvalue weighted by atomic mass is 35.5. The Balaban J connectivity index is 2.66. The summed E-state index contributed by atoms with van der Waals surface area (Å²) in [5.41, 5.74) is 0.00939. The topological polar surface area (TPSA) is 75.5 Å². The van der Waals surface area contributed by atoms with E-state index in [1.165, 1.54) is 18.2 Å². The zero-order valence-electron chi connectivity index (χ0n) is 11.6. The Kier molecular flexibility index (Phi) is 6.41. The molecular formula is C13H18ClN3O3. The van der Waals surface area contributed by atoms with Gasteiger partial charge < -0.3 is 10.2 Å². The quantitative estimate of drug-likeness (QED) is 0.619. The van der Waals surface area contributed by atoms with Crippen LogP contribution < -0.4 is 5.32 Å². The molecule has 0 aromatic heterocycles. The smallest absolute Gasteiger partial charge is 0.271 e. The third kappa shape index (κ3) is 4.79. The minimum atomic E-state index is -0.571. The van der Waals surface area contributed by atoms with Crippen LogP contribution in [0.25, 0.3) is 0 Å². The maximum absolute atomic E-state index is 11.9. The fourth-order valence-corrected chi connectivity index (χ4v) is 2.01. The zero-order chi connectivity index (χ0) is 15.1. The minimum absolute atomic E-state index is 0.174. The van der Waals surface area contributed by atoms with Crippen LogP contribution in [0.1, 0.15) is 24.2 Å². The van der Waals surface area contributed by atoms with Gasteiger partial charge in [-0.05, 0) is 19.2 Å². The Morgan fingerprint density at radius 2 is 2.00 bits per heavy atom. The molecule has 0 radical (unpaired) electrons. The number of rotatable bonds is 7. The van der Waals surface area contributed by atoms with Gasteiger partial charge in [0.15, 0.2) is 0 Å². The first kappa shape index (κ1) is 16.4. The maximum Gasteiger partial charge on any atom is 0.271 e. The van der Waals surface area contributed by atoms with Gasteiger partial charge in [-0.2, -0.15) is 0 Å². The van der Waals surface area contributed by atoms with E-state index >= 15 is 0 Å². The number of carbonyl (C=O) groups is 1. The molecule has 20 heavy (non-hydrogen) atoms. The predicted octanol–water partition coefficient (Wildman–Crippen LogP) is 2.32. The number of nitrogens with zero attached hydrogens (tertiary/aromatic N) is 2. The lowest BCUT2D eigenvalue weighted by Crippen LogP contribution is -2.34. The van der Waals surface area contributed by atoms with Gasteiger partial charge in [-0.15, -0.1) is 0 Å². The van der Waals surface area contributed by atoms with Crippen molar-refractivity contribution in [2.45, 2.75) is 13.8 Å². The molecule has 0 saturated heterocycles. The molecule has 0 atom stereocenters. The number of benzene rings is 1. The van der Waals surface area contributed by atoms with E-state index in [4.69, 9.17) is 11.6 Å². The fourth-order valence-electron chi connectivity index (χ4n) is 1.78. The summed E-state index contributed by atoms with van der Waals surface area (Å²) in [5.74, 6) is -0.359. The van der Waals surface area contributed by atoms with Crippen molar-refractivity contribution < 1.29 is 9.72 Å². The third-order valence-corrected chi connectivity index (χ3v) is 3.18. The summed E-state index contributed by atoms with van der Waals surface area (Å²) in [6.07, 6.45) is 0. The monoisotopic (exact) mass is 299 g/mol. The third-order valence-electron chi connectivity index (χ3n) is 2.96. The van der Waals surface area contributed by atoms with Crippen molar-refractivity contribution >= 4 is 23.2 Å². The standard InChI is InChI=1S/C13H18ClN3O3/c1-3-16(4-2)6-5-15-13(18)10-7-11(14)9-12(8-10)17(19)20/h7-9H,3-6H2,1-2H3,(H,15,18). The molecule has 0 aliphatic carbocycles. The zero-order valence-corrected chi connectivity index (χ0v) is 12.3. The van der Waals surface area contributed by atoms with Crippen molar-refractivity contribution in [2.24, 2.45) is 0 Å². The molecule has 0 fully saturated rings. The van der Waals surface area contributed by atoms with E-state index in [1.54, 1.807) is 0 Å². The number of amides is 1. The number of non-ortho nitro benzene ring substituents is 1. The number of nitro groups is 1. The molecule has 0 unspecified atom stereocenters. The van der Waals surface area contributed by atoms with E-state index in [9.17, 15) is 14.9 Å². The van der Waals surface area contributed by atoms with Gasteiger partial charge in [0.05, 0.1) is 4.92 Å². The molecule has 1 amide bonds. The van der Waals surface area contributed by atoms with Crippen LogP contribution in [0.4, 0.5) is 5.69 Å². The van der Waals surface area contributed by atoms with Gasteiger partial charge in [-0.25, -0.2) is 0 Å². The molecule has 1 N–H and O–H groups in total.